The summed E-state index contributed by atoms with van der Waals surface area (Å²) in [6.45, 7) is 8.62. The van der Waals surface area contributed by atoms with E-state index in [0.717, 1.165) is 21.9 Å². The molecule has 1 aromatic heterocycles. The first-order chi connectivity index (χ1) is 12.9. The van der Waals surface area contributed by atoms with Crippen molar-refractivity contribution in [2.45, 2.75) is 44.7 Å². The van der Waals surface area contributed by atoms with E-state index in [4.69, 9.17) is 0 Å². The molecule has 4 nitrogen and oxygen atoms in total. The molecule has 3 rings (SSSR count). The molecule has 27 heavy (non-hydrogen) atoms. The highest BCUT2D eigenvalue weighted by atomic mass is 32.2. The molecule has 3 aromatic rings. The minimum atomic E-state index is 0.00190. The van der Waals surface area contributed by atoms with Crippen molar-refractivity contribution in [3.8, 4) is 0 Å². The van der Waals surface area contributed by atoms with E-state index < -0.39 is 0 Å². The molecule has 0 saturated carbocycles. The highest BCUT2D eigenvalue weighted by Gasteiger charge is 2.17. The Kier molecular flexibility index (Phi) is 5.90. The van der Waals surface area contributed by atoms with Crippen LogP contribution in [0.5, 0.6) is 0 Å². The number of anilines is 1. The molecule has 1 N–H and O–H groups in total. The minimum Gasteiger partial charge on any atom is -0.325 e. The van der Waals surface area contributed by atoms with Crippen molar-refractivity contribution in [1.29, 1.82) is 0 Å². The number of imidazole rings is 1. The van der Waals surface area contributed by atoms with Crippen molar-refractivity contribution >= 4 is 34.4 Å². The lowest BCUT2D eigenvalue weighted by molar-refractivity contribution is -0.113. The Balaban J connectivity index is 1.77. The molecule has 142 valence electrons. The van der Waals surface area contributed by atoms with Crippen LogP contribution in [0.2, 0.25) is 0 Å². The van der Waals surface area contributed by atoms with Gasteiger partial charge in [-0.3, -0.25) is 4.79 Å². The molecular weight excluding hydrogens is 354 g/mol. The maximum atomic E-state index is 12.7. The molecule has 0 radical (unpaired) electrons. The lowest BCUT2D eigenvalue weighted by atomic mass is 9.92. The third-order valence-corrected chi connectivity index (χ3v) is 5.75. The number of nitrogens with zero attached hydrogens (tertiary/aromatic N) is 2. The minimum absolute atomic E-state index is 0.00190. The first-order valence-electron chi connectivity index (χ1n) is 9.35. The highest BCUT2D eigenvalue weighted by molar-refractivity contribution is 7.99. The Hall–Kier alpha value is -2.27. The number of hydrogen-bond donors (Lipinski definition) is 1. The summed E-state index contributed by atoms with van der Waals surface area (Å²) in [6, 6.07) is 14.3. The second-order valence-electron chi connectivity index (χ2n) is 7.40. The number of nitrogens with one attached hydrogen (secondary N) is 1. The smallest absolute Gasteiger partial charge is 0.234 e. The summed E-state index contributed by atoms with van der Waals surface area (Å²) in [5, 5.41) is 4.02. The Bertz CT molecular complexity index is 933. The second kappa shape index (κ2) is 8.17. The van der Waals surface area contributed by atoms with Crippen molar-refractivity contribution in [1.82, 2.24) is 9.55 Å². The SMILES string of the molecule is CC(C)c1cccc(C(C)C)c1NC(=O)CSc1nc2ccccc2n1C. The first kappa shape index (κ1) is 19.5. The summed E-state index contributed by atoms with van der Waals surface area (Å²) in [4.78, 5) is 17.3. The average molecular weight is 382 g/mol. The first-order valence-corrected chi connectivity index (χ1v) is 10.3. The molecule has 0 saturated heterocycles. The molecule has 1 amide bonds. The number of benzene rings is 2. The third kappa shape index (κ3) is 4.19. The number of rotatable bonds is 6. The number of fused-ring (bicyclic) bond motifs is 1. The van der Waals surface area contributed by atoms with Crippen molar-refractivity contribution in [2.75, 3.05) is 11.1 Å². The molecule has 0 bridgehead atoms. The van der Waals surface area contributed by atoms with Crippen LogP contribution in [-0.2, 0) is 11.8 Å². The molecule has 0 unspecified atom stereocenters. The lowest BCUT2D eigenvalue weighted by Gasteiger charge is -2.20. The molecule has 1 heterocycles. The van der Waals surface area contributed by atoms with Gasteiger partial charge in [0.2, 0.25) is 5.91 Å². The normalized spacial score (nSPS) is 11.5. The van der Waals surface area contributed by atoms with E-state index in [1.165, 1.54) is 22.9 Å². The number of aryl methyl sites for hydroxylation is 1. The quantitative estimate of drug-likeness (QED) is 0.569. The average Bonchev–Trinajstić information content (AvgIpc) is 2.96. The Morgan fingerprint density at radius 2 is 1.67 bits per heavy atom. The molecule has 0 atom stereocenters. The van der Waals surface area contributed by atoms with Crippen LogP contribution in [0.15, 0.2) is 47.6 Å². The van der Waals surface area contributed by atoms with Gasteiger partial charge in [-0.2, -0.15) is 0 Å². The van der Waals surface area contributed by atoms with Gasteiger partial charge in [0, 0.05) is 12.7 Å². The van der Waals surface area contributed by atoms with Crippen LogP contribution in [0.4, 0.5) is 5.69 Å². The van der Waals surface area contributed by atoms with Gasteiger partial charge in [0.25, 0.3) is 0 Å². The zero-order valence-electron chi connectivity index (χ0n) is 16.6. The van der Waals surface area contributed by atoms with E-state index in [9.17, 15) is 4.79 Å². The van der Waals surface area contributed by atoms with Crippen LogP contribution >= 0.6 is 11.8 Å². The van der Waals surface area contributed by atoms with E-state index in [-0.39, 0.29) is 5.91 Å². The zero-order valence-corrected chi connectivity index (χ0v) is 17.4. The maximum absolute atomic E-state index is 12.7. The standard InChI is InChI=1S/C22H27N3OS/c1-14(2)16-9-8-10-17(15(3)4)21(16)24-20(26)13-27-22-23-18-11-6-7-12-19(18)25(22)5/h6-12,14-15H,13H2,1-5H3,(H,24,26). The van der Waals surface area contributed by atoms with Gasteiger partial charge in [-0.25, -0.2) is 4.98 Å². The molecule has 0 aliphatic rings. The van der Waals surface area contributed by atoms with Crippen LogP contribution in [-0.4, -0.2) is 21.2 Å². The van der Waals surface area contributed by atoms with Crippen molar-refractivity contribution in [3.63, 3.8) is 0 Å². The van der Waals surface area contributed by atoms with E-state index >= 15 is 0 Å². The van der Waals surface area contributed by atoms with Gasteiger partial charge < -0.3 is 9.88 Å². The van der Waals surface area contributed by atoms with Crippen molar-refractivity contribution in [3.05, 3.63) is 53.6 Å². The van der Waals surface area contributed by atoms with Gasteiger partial charge in [-0.15, -0.1) is 0 Å². The van der Waals surface area contributed by atoms with Gasteiger partial charge in [-0.1, -0.05) is 69.8 Å². The summed E-state index contributed by atoms with van der Waals surface area (Å²) < 4.78 is 2.04. The van der Waals surface area contributed by atoms with Gasteiger partial charge >= 0.3 is 0 Å². The second-order valence-corrected chi connectivity index (χ2v) is 8.34. The number of amides is 1. The Morgan fingerprint density at radius 1 is 1.04 bits per heavy atom. The molecule has 0 spiro atoms. The summed E-state index contributed by atoms with van der Waals surface area (Å²) >= 11 is 1.47. The van der Waals surface area contributed by atoms with Crippen molar-refractivity contribution in [2.24, 2.45) is 7.05 Å². The topological polar surface area (TPSA) is 46.9 Å². The largest absolute Gasteiger partial charge is 0.325 e. The predicted molar refractivity (Wildman–Crippen MR) is 115 cm³/mol. The van der Waals surface area contributed by atoms with Gasteiger partial charge in [0.05, 0.1) is 16.8 Å². The highest BCUT2D eigenvalue weighted by Crippen LogP contribution is 2.32. The molecule has 5 heteroatoms. The fourth-order valence-corrected chi connectivity index (χ4v) is 4.04. The molecule has 0 aliphatic heterocycles. The number of carbonyl (C=O) groups excluding carboxylic acids is 1. The maximum Gasteiger partial charge on any atom is 0.234 e. The fourth-order valence-electron chi connectivity index (χ4n) is 3.25. The number of thioether (sulfide) groups is 1. The van der Waals surface area contributed by atoms with E-state index in [2.05, 4.69) is 56.2 Å². The van der Waals surface area contributed by atoms with E-state index in [1.807, 2.05) is 35.9 Å². The molecule has 0 fully saturated rings. The summed E-state index contributed by atoms with van der Waals surface area (Å²) in [6.07, 6.45) is 0. The number of carbonyl (C=O) groups is 1. The number of hydrogen-bond acceptors (Lipinski definition) is 3. The van der Waals surface area contributed by atoms with Gasteiger partial charge in [0.15, 0.2) is 5.16 Å². The zero-order chi connectivity index (χ0) is 19.6. The molecule has 2 aromatic carbocycles. The number of aromatic nitrogens is 2. The van der Waals surface area contributed by atoms with Gasteiger partial charge in [0.1, 0.15) is 0 Å². The monoisotopic (exact) mass is 381 g/mol. The predicted octanol–water partition coefficient (Wildman–Crippen LogP) is 5.55. The van der Waals surface area contributed by atoms with Crippen LogP contribution in [0, 0.1) is 0 Å². The van der Waals surface area contributed by atoms with E-state index in [0.29, 0.717) is 17.6 Å². The van der Waals surface area contributed by atoms with Gasteiger partial charge in [-0.05, 0) is 35.1 Å². The summed E-state index contributed by atoms with van der Waals surface area (Å²) in [7, 11) is 1.99. The summed E-state index contributed by atoms with van der Waals surface area (Å²) in [5.41, 5.74) is 5.37. The van der Waals surface area contributed by atoms with Crippen molar-refractivity contribution < 1.29 is 4.79 Å². The Morgan fingerprint density at radius 3 is 2.26 bits per heavy atom. The fraction of sp³-hybridized carbons (Fsp3) is 0.364. The molecule has 0 aliphatic carbocycles. The molecular formula is C22H27N3OS. The summed E-state index contributed by atoms with van der Waals surface area (Å²) in [5.74, 6) is 1.04. The van der Waals surface area contributed by atoms with Crippen LogP contribution < -0.4 is 5.32 Å². The lowest BCUT2D eigenvalue weighted by Crippen LogP contribution is -2.18. The number of para-hydroxylation sites is 3. The van der Waals surface area contributed by atoms with Crippen LogP contribution in [0.25, 0.3) is 11.0 Å². The van der Waals surface area contributed by atoms with Crippen LogP contribution in [0.3, 0.4) is 0 Å². The van der Waals surface area contributed by atoms with Crippen LogP contribution in [0.1, 0.15) is 50.7 Å². The third-order valence-electron chi connectivity index (χ3n) is 4.72. The van der Waals surface area contributed by atoms with E-state index in [1.54, 1.807) is 0 Å². The Labute approximate surface area is 165 Å².